The number of H-pyrrole nitrogens is 1. The van der Waals surface area contributed by atoms with E-state index in [0.29, 0.717) is 17.8 Å². The molecule has 0 spiro atoms. The third kappa shape index (κ3) is 3.76. The summed E-state index contributed by atoms with van der Waals surface area (Å²) in [6.07, 6.45) is 3.36. The molecule has 29 heavy (non-hydrogen) atoms. The van der Waals surface area contributed by atoms with E-state index in [1.165, 1.54) is 21.9 Å². The van der Waals surface area contributed by atoms with Gasteiger partial charge in [0.05, 0.1) is 18.6 Å². The summed E-state index contributed by atoms with van der Waals surface area (Å²) in [5.41, 5.74) is 8.90. The first-order valence-corrected chi connectivity index (χ1v) is 8.89. The highest BCUT2D eigenvalue weighted by molar-refractivity contribution is 5.69. The van der Waals surface area contributed by atoms with Gasteiger partial charge in [-0.15, -0.1) is 10.2 Å². The van der Waals surface area contributed by atoms with Crippen molar-refractivity contribution in [1.29, 1.82) is 0 Å². The molecule has 3 N–H and O–H groups in total. The van der Waals surface area contributed by atoms with Crippen LogP contribution in [0.25, 0.3) is 28.2 Å². The Morgan fingerprint density at radius 3 is 2.62 bits per heavy atom. The predicted octanol–water partition coefficient (Wildman–Crippen LogP) is 2.30. The number of halogens is 1. The molecular weight excluding hydrogens is 373 g/mol. The molecule has 4 aromatic rings. The van der Waals surface area contributed by atoms with Gasteiger partial charge in [0.2, 0.25) is 0 Å². The van der Waals surface area contributed by atoms with Crippen molar-refractivity contribution < 1.29 is 4.39 Å². The molecule has 0 radical (unpaired) electrons. The van der Waals surface area contributed by atoms with Crippen molar-refractivity contribution in [3.8, 4) is 28.2 Å². The standard InChI is InChI=1S/C20H18FN7O/c21-9-14(10-22)11-28-20(29)27(13-25-28)18-3-1-2-17(8-18)15-4-6-16(7-5-15)19-23-12-24-26-19/h1-9,12-13H,10-11,22H2,(H,23,24,26)/b14-9+. The third-order valence-electron chi connectivity index (χ3n) is 4.54. The van der Waals surface area contributed by atoms with Gasteiger partial charge in [-0.3, -0.25) is 0 Å². The molecular formula is C20H18FN7O. The van der Waals surface area contributed by atoms with E-state index in [9.17, 15) is 9.18 Å². The van der Waals surface area contributed by atoms with Crippen molar-refractivity contribution in [2.24, 2.45) is 5.73 Å². The fourth-order valence-corrected chi connectivity index (χ4v) is 2.96. The van der Waals surface area contributed by atoms with Crippen molar-refractivity contribution in [1.82, 2.24) is 29.5 Å². The number of hydrogen-bond donors (Lipinski definition) is 2. The Morgan fingerprint density at radius 2 is 1.93 bits per heavy atom. The van der Waals surface area contributed by atoms with Crippen LogP contribution in [0, 0.1) is 0 Å². The fraction of sp³-hybridized carbons (Fsp3) is 0.100. The molecule has 8 nitrogen and oxygen atoms in total. The van der Waals surface area contributed by atoms with E-state index < -0.39 is 0 Å². The normalized spacial score (nSPS) is 11.7. The van der Waals surface area contributed by atoms with E-state index in [4.69, 9.17) is 5.73 Å². The average molecular weight is 391 g/mol. The maximum atomic E-state index is 12.8. The number of nitrogens with zero attached hydrogens (tertiary/aromatic N) is 5. The number of aromatic nitrogens is 6. The second kappa shape index (κ2) is 8.03. The Morgan fingerprint density at radius 1 is 1.14 bits per heavy atom. The van der Waals surface area contributed by atoms with Crippen LogP contribution in [-0.2, 0) is 6.54 Å². The number of benzene rings is 2. The Bertz CT molecular complexity index is 1190. The SMILES string of the molecule is NC/C(=C\F)Cn1ncn(-c2cccc(-c3ccc(-c4nnc[nH]4)cc3)c2)c1=O. The number of hydrogen-bond acceptors (Lipinski definition) is 5. The zero-order valence-corrected chi connectivity index (χ0v) is 15.4. The van der Waals surface area contributed by atoms with E-state index in [1.54, 1.807) is 0 Å². The van der Waals surface area contributed by atoms with Crippen LogP contribution in [0.3, 0.4) is 0 Å². The van der Waals surface area contributed by atoms with Crippen LogP contribution in [0.5, 0.6) is 0 Å². The summed E-state index contributed by atoms with van der Waals surface area (Å²) in [4.78, 5) is 15.6. The third-order valence-corrected chi connectivity index (χ3v) is 4.54. The van der Waals surface area contributed by atoms with Crippen molar-refractivity contribution in [2.45, 2.75) is 6.54 Å². The topological polar surface area (TPSA) is 107 Å². The van der Waals surface area contributed by atoms with Crippen molar-refractivity contribution in [3.63, 3.8) is 0 Å². The summed E-state index contributed by atoms with van der Waals surface area (Å²) in [5, 5.41) is 11.8. The lowest BCUT2D eigenvalue weighted by molar-refractivity contribution is 0.612. The number of nitrogens with one attached hydrogen (secondary N) is 1. The molecule has 0 bridgehead atoms. The highest BCUT2D eigenvalue weighted by Crippen LogP contribution is 2.24. The van der Waals surface area contributed by atoms with Gasteiger partial charge in [-0.05, 0) is 28.8 Å². The van der Waals surface area contributed by atoms with Gasteiger partial charge < -0.3 is 10.7 Å². The molecule has 0 fully saturated rings. The molecule has 0 aliphatic carbocycles. The van der Waals surface area contributed by atoms with Crippen LogP contribution in [-0.4, -0.2) is 36.1 Å². The van der Waals surface area contributed by atoms with Crippen molar-refractivity contribution >= 4 is 0 Å². The van der Waals surface area contributed by atoms with Crippen molar-refractivity contribution in [2.75, 3.05) is 6.54 Å². The summed E-state index contributed by atoms with van der Waals surface area (Å²) >= 11 is 0. The van der Waals surface area contributed by atoms with Gasteiger partial charge in [0, 0.05) is 12.1 Å². The molecule has 0 unspecified atom stereocenters. The molecule has 4 rings (SSSR count). The van der Waals surface area contributed by atoms with Crippen LogP contribution in [0.15, 0.2) is 77.9 Å². The molecule has 9 heteroatoms. The molecule has 0 aliphatic rings. The zero-order valence-electron chi connectivity index (χ0n) is 15.4. The summed E-state index contributed by atoms with van der Waals surface area (Å²) < 4.78 is 15.4. The van der Waals surface area contributed by atoms with E-state index >= 15 is 0 Å². The molecule has 0 saturated heterocycles. The lowest BCUT2D eigenvalue weighted by atomic mass is 10.0. The number of nitrogens with two attached hydrogens (primary N) is 1. The molecule has 0 amide bonds. The predicted molar refractivity (Wildman–Crippen MR) is 107 cm³/mol. The highest BCUT2D eigenvalue weighted by Gasteiger charge is 2.10. The van der Waals surface area contributed by atoms with Gasteiger partial charge in [-0.25, -0.2) is 18.4 Å². The maximum absolute atomic E-state index is 12.8. The summed E-state index contributed by atoms with van der Waals surface area (Å²) in [6.45, 7) is 0.0387. The summed E-state index contributed by atoms with van der Waals surface area (Å²) in [7, 11) is 0. The first kappa shape index (κ1) is 18.5. The molecule has 0 atom stereocenters. The van der Waals surface area contributed by atoms with Crippen LogP contribution >= 0.6 is 0 Å². The van der Waals surface area contributed by atoms with E-state index in [-0.39, 0.29) is 24.4 Å². The molecule has 2 aromatic carbocycles. The second-order valence-corrected chi connectivity index (χ2v) is 6.38. The van der Waals surface area contributed by atoms with Gasteiger partial charge in [0.25, 0.3) is 0 Å². The van der Waals surface area contributed by atoms with Gasteiger partial charge in [-0.1, -0.05) is 36.4 Å². The number of rotatable bonds is 6. The molecule has 0 aliphatic heterocycles. The summed E-state index contributed by atoms with van der Waals surface area (Å²) in [5.74, 6) is 0.698. The smallest absolute Gasteiger partial charge is 0.328 e. The Balaban J connectivity index is 1.63. The Labute approximate surface area is 165 Å². The van der Waals surface area contributed by atoms with Crippen LogP contribution < -0.4 is 11.4 Å². The fourth-order valence-electron chi connectivity index (χ4n) is 2.96. The molecule has 2 aromatic heterocycles. The largest absolute Gasteiger partial charge is 0.350 e. The first-order valence-electron chi connectivity index (χ1n) is 8.89. The van der Waals surface area contributed by atoms with Gasteiger partial charge in [-0.2, -0.15) is 5.10 Å². The lowest BCUT2D eigenvalue weighted by Gasteiger charge is -2.06. The minimum atomic E-state index is -0.365. The number of aromatic amines is 1. The highest BCUT2D eigenvalue weighted by atomic mass is 19.1. The molecule has 146 valence electrons. The lowest BCUT2D eigenvalue weighted by Crippen LogP contribution is -2.25. The second-order valence-electron chi connectivity index (χ2n) is 6.38. The summed E-state index contributed by atoms with van der Waals surface area (Å²) in [6, 6.07) is 15.4. The van der Waals surface area contributed by atoms with Crippen molar-refractivity contribution in [3.05, 3.63) is 83.6 Å². The average Bonchev–Trinajstić information content (AvgIpc) is 3.43. The van der Waals surface area contributed by atoms with Gasteiger partial charge >= 0.3 is 5.69 Å². The minimum absolute atomic E-state index is 0.0155. The monoisotopic (exact) mass is 391 g/mol. The van der Waals surface area contributed by atoms with Gasteiger partial charge in [0.1, 0.15) is 12.7 Å². The van der Waals surface area contributed by atoms with E-state index in [0.717, 1.165) is 16.7 Å². The Kier molecular flexibility index (Phi) is 5.12. The van der Waals surface area contributed by atoms with Crippen LogP contribution in [0.4, 0.5) is 4.39 Å². The van der Waals surface area contributed by atoms with Gasteiger partial charge in [0.15, 0.2) is 5.82 Å². The van der Waals surface area contributed by atoms with E-state index in [2.05, 4.69) is 20.3 Å². The zero-order chi connectivity index (χ0) is 20.2. The van der Waals surface area contributed by atoms with Crippen LogP contribution in [0.1, 0.15) is 0 Å². The minimum Gasteiger partial charge on any atom is -0.328 e. The molecule has 2 heterocycles. The quantitative estimate of drug-likeness (QED) is 0.524. The maximum Gasteiger partial charge on any atom is 0.350 e. The Hall–Kier alpha value is -3.85. The van der Waals surface area contributed by atoms with E-state index in [1.807, 2.05) is 48.5 Å². The molecule has 0 saturated carbocycles. The first-order chi connectivity index (χ1) is 14.2. The van der Waals surface area contributed by atoms with Crippen LogP contribution in [0.2, 0.25) is 0 Å².